The first-order valence-corrected chi connectivity index (χ1v) is 4.58. The lowest BCUT2D eigenvalue weighted by molar-refractivity contribution is 0.0599. The van der Waals surface area contributed by atoms with Gasteiger partial charge in [-0.3, -0.25) is 0 Å². The Balaban J connectivity index is 3.14. The smallest absolute Gasteiger partial charge is 0.339 e. The average Bonchev–Trinajstić information content (AvgIpc) is 2.16. The van der Waals surface area contributed by atoms with Crippen molar-refractivity contribution in [2.75, 3.05) is 7.11 Å². The van der Waals surface area contributed by atoms with E-state index >= 15 is 0 Å². The normalized spacial score (nSPS) is 9.64. The third-order valence-corrected chi connectivity index (χ3v) is 2.34. The summed E-state index contributed by atoms with van der Waals surface area (Å²) in [6.07, 6.45) is 0. The zero-order valence-electron chi connectivity index (χ0n) is 7.51. The van der Waals surface area contributed by atoms with Crippen LogP contribution in [0.3, 0.4) is 0 Å². The number of benzene rings is 1. The van der Waals surface area contributed by atoms with E-state index < -0.39 is 11.8 Å². The van der Waals surface area contributed by atoms with Crippen molar-refractivity contribution in [3.05, 3.63) is 40.4 Å². The first-order chi connectivity index (χ1) is 6.56. The Bertz CT molecular complexity index is 388. The third-order valence-electron chi connectivity index (χ3n) is 1.69. The number of carbonyl (C=O) groups excluding carboxylic acids is 1. The van der Waals surface area contributed by atoms with E-state index in [9.17, 15) is 9.18 Å². The summed E-state index contributed by atoms with van der Waals surface area (Å²) < 4.78 is 17.7. The van der Waals surface area contributed by atoms with E-state index in [2.05, 4.69) is 27.2 Å². The molecule has 0 N–H and O–H groups in total. The standard InChI is InChI=1S/C10H8BrFO2/c1-6(12)7-3-4-8(9(11)5-7)10(13)14-2/h3-5H,1H2,2H3. The Morgan fingerprint density at radius 1 is 1.57 bits per heavy atom. The third kappa shape index (κ3) is 2.20. The number of hydrogen-bond donors (Lipinski definition) is 0. The zero-order valence-corrected chi connectivity index (χ0v) is 9.10. The Morgan fingerprint density at radius 2 is 2.21 bits per heavy atom. The molecule has 0 saturated carbocycles. The van der Waals surface area contributed by atoms with Crippen molar-refractivity contribution >= 4 is 27.7 Å². The number of hydrogen-bond acceptors (Lipinski definition) is 2. The summed E-state index contributed by atoms with van der Waals surface area (Å²) in [6, 6.07) is 4.43. The average molecular weight is 259 g/mol. The summed E-state index contributed by atoms with van der Waals surface area (Å²) in [4.78, 5) is 11.1. The maximum atomic E-state index is 12.7. The van der Waals surface area contributed by atoms with Crippen molar-refractivity contribution in [1.29, 1.82) is 0 Å². The molecular weight excluding hydrogens is 251 g/mol. The van der Waals surface area contributed by atoms with E-state index in [1.54, 1.807) is 0 Å². The molecule has 0 unspecified atom stereocenters. The number of methoxy groups -OCH3 is 1. The van der Waals surface area contributed by atoms with Gasteiger partial charge in [-0.05, 0) is 28.1 Å². The van der Waals surface area contributed by atoms with E-state index in [1.807, 2.05) is 0 Å². The molecule has 0 atom stereocenters. The van der Waals surface area contributed by atoms with E-state index in [0.717, 1.165) is 0 Å². The highest BCUT2D eigenvalue weighted by Crippen LogP contribution is 2.23. The van der Waals surface area contributed by atoms with Crippen LogP contribution in [0.15, 0.2) is 29.3 Å². The summed E-state index contributed by atoms with van der Waals surface area (Å²) in [5.41, 5.74) is 0.696. The molecule has 0 aliphatic heterocycles. The molecule has 0 bridgehead atoms. The second kappa shape index (κ2) is 4.37. The minimum atomic E-state index is -0.540. The van der Waals surface area contributed by atoms with Crippen molar-refractivity contribution in [3.63, 3.8) is 0 Å². The maximum Gasteiger partial charge on any atom is 0.339 e. The molecule has 0 heterocycles. The number of halogens is 2. The second-order valence-electron chi connectivity index (χ2n) is 2.59. The van der Waals surface area contributed by atoms with E-state index in [4.69, 9.17) is 0 Å². The first-order valence-electron chi connectivity index (χ1n) is 3.79. The molecule has 0 aromatic heterocycles. The van der Waals surface area contributed by atoms with Crippen molar-refractivity contribution in [1.82, 2.24) is 0 Å². The van der Waals surface area contributed by atoms with Gasteiger partial charge in [-0.1, -0.05) is 12.6 Å². The Labute approximate surface area is 89.5 Å². The van der Waals surface area contributed by atoms with Crippen LogP contribution < -0.4 is 0 Å². The van der Waals surface area contributed by atoms with Gasteiger partial charge in [0.25, 0.3) is 0 Å². The summed E-state index contributed by atoms with van der Waals surface area (Å²) in [5.74, 6) is -1.00. The topological polar surface area (TPSA) is 26.3 Å². The molecule has 1 aromatic carbocycles. The van der Waals surface area contributed by atoms with Gasteiger partial charge in [0, 0.05) is 10.0 Å². The van der Waals surface area contributed by atoms with Crippen molar-refractivity contribution < 1.29 is 13.9 Å². The van der Waals surface area contributed by atoms with Crippen LogP contribution in [0.4, 0.5) is 4.39 Å². The van der Waals surface area contributed by atoms with E-state index in [1.165, 1.54) is 25.3 Å². The molecule has 0 aliphatic rings. The van der Waals surface area contributed by atoms with Crippen LogP contribution in [-0.4, -0.2) is 13.1 Å². The molecule has 4 heteroatoms. The number of rotatable bonds is 2. The molecule has 14 heavy (non-hydrogen) atoms. The highest BCUT2D eigenvalue weighted by atomic mass is 79.9. The van der Waals surface area contributed by atoms with Gasteiger partial charge in [0.1, 0.15) is 5.83 Å². The van der Waals surface area contributed by atoms with Crippen LogP contribution in [0.25, 0.3) is 5.83 Å². The summed E-state index contributed by atoms with van der Waals surface area (Å²) >= 11 is 3.15. The molecule has 1 rings (SSSR count). The zero-order chi connectivity index (χ0) is 10.7. The van der Waals surface area contributed by atoms with Crippen molar-refractivity contribution in [2.24, 2.45) is 0 Å². The van der Waals surface area contributed by atoms with Gasteiger partial charge < -0.3 is 4.74 Å². The Morgan fingerprint density at radius 3 is 2.64 bits per heavy atom. The van der Waals surface area contributed by atoms with Gasteiger partial charge in [0.15, 0.2) is 0 Å². The molecule has 74 valence electrons. The number of carbonyl (C=O) groups is 1. The molecule has 1 aromatic rings. The van der Waals surface area contributed by atoms with Crippen molar-refractivity contribution in [2.45, 2.75) is 0 Å². The van der Waals surface area contributed by atoms with Gasteiger partial charge >= 0.3 is 5.97 Å². The van der Waals surface area contributed by atoms with E-state index in [0.29, 0.717) is 15.6 Å². The Kier molecular flexibility index (Phi) is 3.41. The van der Waals surface area contributed by atoms with Gasteiger partial charge in [-0.25, -0.2) is 9.18 Å². The summed E-state index contributed by atoms with van der Waals surface area (Å²) in [5, 5.41) is 0. The molecule has 0 radical (unpaired) electrons. The summed E-state index contributed by atoms with van der Waals surface area (Å²) in [6.45, 7) is 3.16. The second-order valence-corrected chi connectivity index (χ2v) is 3.45. The minimum Gasteiger partial charge on any atom is -0.465 e. The summed E-state index contributed by atoms with van der Waals surface area (Å²) in [7, 11) is 1.29. The number of ether oxygens (including phenoxy) is 1. The molecule has 0 fully saturated rings. The monoisotopic (exact) mass is 258 g/mol. The molecule has 0 aliphatic carbocycles. The highest BCUT2D eigenvalue weighted by molar-refractivity contribution is 9.10. The minimum absolute atomic E-state index is 0.338. The fourth-order valence-electron chi connectivity index (χ4n) is 0.959. The molecule has 0 spiro atoms. The first kappa shape index (κ1) is 10.9. The lowest BCUT2D eigenvalue weighted by atomic mass is 10.1. The SMILES string of the molecule is C=C(F)c1ccc(C(=O)OC)c(Br)c1. The van der Waals surface area contributed by atoms with Crippen LogP contribution in [-0.2, 0) is 4.74 Å². The van der Waals surface area contributed by atoms with Crippen LogP contribution in [0.2, 0.25) is 0 Å². The molecule has 0 amide bonds. The fourth-order valence-corrected chi connectivity index (χ4v) is 1.50. The van der Waals surface area contributed by atoms with Gasteiger partial charge in [0.05, 0.1) is 12.7 Å². The largest absolute Gasteiger partial charge is 0.465 e. The van der Waals surface area contributed by atoms with Crippen LogP contribution in [0, 0.1) is 0 Å². The molecular formula is C10H8BrFO2. The molecule has 2 nitrogen and oxygen atoms in total. The lowest BCUT2D eigenvalue weighted by Crippen LogP contribution is -2.02. The van der Waals surface area contributed by atoms with Crippen LogP contribution in [0.1, 0.15) is 15.9 Å². The van der Waals surface area contributed by atoms with Gasteiger partial charge in [0.2, 0.25) is 0 Å². The predicted molar refractivity (Wildman–Crippen MR) is 55.6 cm³/mol. The van der Waals surface area contributed by atoms with Gasteiger partial charge in [-0.15, -0.1) is 0 Å². The highest BCUT2D eigenvalue weighted by Gasteiger charge is 2.10. The lowest BCUT2D eigenvalue weighted by Gasteiger charge is -2.03. The van der Waals surface area contributed by atoms with E-state index in [-0.39, 0.29) is 0 Å². The quantitative estimate of drug-likeness (QED) is 0.762. The predicted octanol–water partition coefficient (Wildman–Crippen LogP) is 3.18. The number of esters is 1. The van der Waals surface area contributed by atoms with Gasteiger partial charge in [-0.2, -0.15) is 0 Å². The fraction of sp³-hybridized carbons (Fsp3) is 0.100. The van der Waals surface area contributed by atoms with Crippen LogP contribution >= 0.6 is 15.9 Å². The maximum absolute atomic E-state index is 12.7. The van der Waals surface area contributed by atoms with Crippen molar-refractivity contribution in [3.8, 4) is 0 Å². The molecule has 0 saturated heterocycles. The van der Waals surface area contributed by atoms with Crippen LogP contribution in [0.5, 0.6) is 0 Å². The Hall–Kier alpha value is -1.16.